The molecule has 0 atom stereocenters. The van der Waals surface area contributed by atoms with Crippen molar-refractivity contribution in [3.8, 4) is 0 Å². The highest BCUT2D eigenvalue weighted by atomic mass is 16.5. The summed E-state index contributed by atoms with van der Waals surface area (Å²) in [6, 6.07) is 12.7. The second-order valence-corrected chi connectivity index (χ2v) is 5.39. The van der Waals surface area contributed by atoms with Gasteiger partial charge in [-0.3, -0.25) is 4.79 Å². The van der Waals surface area contributed by atoms with Gasteiger partial charge in [0.2, 0.25) is 0 Å². The monoisotopic (exact) mass is 372 g/mol. The Morgan fingerprint density at radius 2 is 1.70 bits per heavy atom. The lowest BCUT2D eigenvalue weighted by Crippen LogP contribution is -2.21. The van der Waals surface area contributed by atoms with E-state index in [0.29, 0.717) is 16.9 Å². The second-order valence-electron chi connectivity index (χ2n) is 5.39. The van der Waals surface area contributed by atoms with E-state index >= 15 is 0 Å². The summed E-state index contributed by atoms with van der Waals surface area (Å²) in [6.07, 6.45) is 0. The van der Waals surface area contributed by atoms with Crippen LogP contribution < -0.4 is 10.6 Å². The molecule has 0 spiro atoms. The van der Waals surface area contributed by atoms with Gasteiger partial charge in [0.05, 0.1) is 24.8 Å². The van der Waals surface area contributed by atoms with Gasteiger partial charge in [-0.15, -0.1) is 0 Å². The highest BCUT2D eigenvalue weighted by Crippen LogP contribution is 2.16. The van der Waals surface area contributed by atoms with Crippen molar-refractivity contribution in [1.29, 1.82) is 0 Å². The molecule has 0 fully saturated rings. The highest BCUT2D eigenvalue weighted by Gasteiger charge is 2.14. The molecule has 0 unspecified atom stereocenters. The number of ether oxygens (including phenoxy) is 2. The number of benzene rings is 2. The summed E-state index contributed by atoms with van der Waals surface area (Å²) < 4.78 is 9.63. The lowest BCUT2D eigenvalue weighted by Gasteiger charge is -2.11. The third kappa shape index (κ3) is 5.82. The molecule has 0 saturated carbocycles. The zero-order valence-corrected chi connectivity index (χ0v) is 14.7. The van der Waals surface area contributed by atoms with Gasteiger partial charge in [0.15, 0.2) is 6.61 Å². The summed E-state index contributed by atoms with van der Waals surface area (Å²) in [5.74, 6) is -1.66. The lowest BCUT2D eigenvalue weighted by molar-refractivity contribution is -0.119. The van der Waals surface area contributed by atoms with E-state index in [9.17, 15) is 14.4 Å². The van der Waals surface area contributed by atoms with Crippen molar-refractivity contribution in [1.82, 2.24) is 0 Å². The number of esters is 2. The molecule has 0 aliphatic carbocycles. The molecule has 142 valence electrons. The number of aliphatic hydroxyl groups is 1. The average molecular weight is 372 g/mol. The molecule has 0 radical (unpaired) electrons. The van der Waals surface area contributed by atoms with Gasteiger partial charge in [0.25, 0.3) is 5.91 Å². The second kappa shape index (κ2) is 9.93. The molecule has 0 saturated heterocycles. The Balaban J connectivity index is 1.90. The number of hydrogen-bond donors (Lipinski definition) is 3. The van der Waals surface area contributed by atoms with Crippen LogP contribution in [0, 0.1) is 0 Å². The van der Waals surface area contributed by atoms with Crippen LogP contribution in [0.5, 0.6) is 0 Å². The number of rotatable bonds is 8. The van der Waals surface area contributed by atoms with Crippen LogP contribution in [0.3, 0.4) is 0 Å². The van der Waals surface area contributed by atoms with Gasteiger partial charge in [-0.05, 0) is 36.4 Å². The maximum absolute atomic E-state index is 12.2. The van der Waals surface area contributed by atoms with E-state index in [-0.39, 0.29) is 18.7 Å². The minimum absolute atomic E-state index is 0.0828. The summed E-state index contributed by atoms with van der Waals surface area (Å²) in [5.41, 5.74) is 1.58. The van der Waals surface area contributed by atoms with Crippen molar-refractivity contribution in [3.05, 3.63) is 59.7 Å². The van der Waals surface area contributed by atoms with Gasteiger partial charge < -0.3 is 25.2 Å². The van der Waals surface area contributed by atoms with Gasteiger partial charge in [0.1, 0.15) is 0 Å². The molecule has 0 aliphatic rings. The number of hydrogen-bond acceptors (Lipinski definition) is 7. The Hall–Kier alpha value is -3.39. The molecule has 0 heterocycles. The van der Waals surface area contributed by atoms with Crippen molar-refractivity contribution in [2.24, 2.45) is 0 Å². The van der Waals surface area contributed by atoms with Gasteiger partial charge in [-0.2, -0.15) is 0 Å². The molecular weight excluding hydrogens is 352 g/mol. The average Bonchev–Trinajstić information content (AvgIpc) is 2.70. The topological polar surface area (TPSA) is 114 Å². The van der Waals surface area contributed by atoms with E-state index in [0.717, 1.165) is 0 Å². The number of para-hydroxylation sites is 1. The molecule has 3 N–H and O–H groups in total. The Morgan fingerprint density at radius 1 is 1.00 bits per heavy atom. The van der Waals surface area contributed by atoms with E-state index in [4.69, 9.17) is 9.84 Å². The predicted octanol–water partition coefficient (Wildman–Crippen LogP) is 1.67. The Bertz CT molecular complexity index is 804. The van der Waals surface area contributed by atoms with Crippen LogP contribution in [0.2, 0.25) is 0 Å². The van der Waals surface area contributed by atoms with E-state index in [2.05, 4.69) is 15.4 Å². The smallest absolute Gasteiger partial charge is 0.340 e. The van der Waals surface area contributed by atoms with Gasteiger partial charge in [-0.25, -0.2) is 9.59 Å². The number of carbonyl (C=O) groups is 3. The number of carbonyl (C=O) groups excluding carboxylic acids is 3. The van der Waals surface area contributed by atoms with Crippen molar-refractivity contribution < 1.29 is 29.0 Å². The zero-order chi connectivity index (χ0) is 19.6. The first-order valence-corrected chi connectivity index (χ1v) is 8.14. The lowest BCUT2D eigenvalue weighted by atomic mass is 10.2. The molecule has 27 heavy (non-hydrogen) atoms. The first-order valence-electron chi connectivity index (χ1n) is 8.14. The quantitative estimate of drug-likeness (QED) is 0.604. The van der Waals surface area contributed by atoms with Crippen LogP contribution in [0.4, 0.5) is 11.4 Å². The van der Waals surface area contributed by atoms with Crippen molar-refractivity contribution in [2.45, 2.75) is 0 Å². The molecule has 8 heteroatoms. The largest absolute Gasteiger partial charge is 0.465 e. The van der Waals surface area contributed by atoms with Gasteiger partial charge >= 0.3 is 11.9 Å². The van der Waals surface area contributed by atoms with Crippen LogP contribution in [0.1, 0.15) is 20.7 Å². The number of nitrogens with one attached hydrogen (secondary N) is 2. The Kier molecular flexibility index (Phi) is 7.33. The number of aliphatic hydroxyl groups excluding tert-OH is 1. The van der Waals surface area contributed by atoms with E-state index in [1.807, 2.05) is 0 Å². The first-order chi connectivity index (χ1) is 13.0. The van der Waals surface area contributed by atoms with E-state index in [1.165, 1.54) is 19.2 Å². The Morgan fingerprint density at radius 3 is 2.37 bits per heavy atom. The normalized spacial score (nSPS) is 10.0. The summed E-state index contributed by atoms with van der Waals surface area (Å²) in [5, 5.41) is 14.3. The molecule has 1 amide bonds. The summed E-state index contributed by atoms with van der Waals surface area (Å²) in [7, 11) is 1.28. The zero-order valence-electron chi connectivity index (χ0n) is 14.7. The van der Waals surface area contributed by atoms with Crippen LogP contribution in [-0.4, -0.2) is 49.8 Å². The highest BCUT2D eigenvalue weighted by molar-refractivity contribution is 5.98. The van der Waals surface area contributed by atoms with Gasteiger partial charge in [-0.1, -0.05) is 12.1 Å². The maximum Gasteiger partial charge on any atom is 0.340 e. The summed E-state index contributed by atoms with van der Waals surface area (Å²) in [6.45, 7) is -0.265. The molecule has 0 aliphatic heterocycles. The fraction of sp³-hybridized carbons (Fsp3) is 0.211. The van der Waals surface area contributed by atoms with Crippen LogP contribution in [0.25, 0.3) is 0 Å². The van der Waals surface area contributed by atoms with Crippen LogP contribution in [0.15, 0.2) is 48.5 Å². The third-order valence-corrected chi connectivity index (χ3v) is 3.50. The summed E-state index contributed by atoms with van der Waals surface area (Å²) >= 11 is 0. The Labute approximate surface area is 156 Å². The molecule has 8 nitrogen and oxygen atoms in total. The fourth-order valence-corrected chi connectivity index (χ4v) is 2.22. The molecule has 0 aromatic heterocycles. The summed E-state index contributed by atoms with van der Waals surface area (Å²) in [4.78, 5) is 35.5. The first kappa shape index (κ1) is 19.9. The van der Waals surface area contributed by atoms with Crippen LogP contribution >= 0.6 is 0 Å². The molecule has 0 bridgehead atoms. The number of anilines is 2. The SMILES string of the molecule is COC(=O)c1ccc(NC(=O)COC(=O)c2ccccc2NCCO)cc1. The maximum atomic E-state index is 12.2. The van der Waals surface area contributed by atoms with Crippen LogP contribution in [-0.2, 0) is 14.3 Å². The minimum Gasteiger partial charge on any atom is -0.465 e. The standard InChI is InChI=1S/C19H20N2O6/c1-26-18(24)13-6-8-14(9-7-13)21-17(23)12-27-19(25)15-4-2-3-5-16(15)20-10-11-22/h2-9,20,22H,10-12H2,1H3,(H,21,23). The van der Waals surface area contributed by atoms with Gasteiger partial charge in [0, 0.05) is 17.9 Å². The van der Waals surface area contributed by atoms with Crippen molar-refractivity contribution in [3.63, 3.8) is 0 Å². The number of methoxy groups -OCH3 is 1. The third-order valence-electron chi connectivity index (χ3n) is 3.50. The number of amides is 1. The van der Waals surface area contributed by atoms with E-state index < -0.39 is 24.5 Å². The van der Waals surface area contributed by atoms with Crippen molar-refractivity contribution >= 4 is 29.2 Å². The fourth-order valence-electron chi connectivity index (χ4n) is 2.22. The van der Waals surface area contributed by atoms with Crippen molar-refractivity contribution in [2.75, 3.05) is 37.5 Å². The molecular formula is C19H20N2O6. The predicted molar refractivity (Wildman–Crippen MR) is 98.7 cm³/mol. The molecule has 2 aromatic rings. The van der Waals surface area contributed by atoms with E-state index in [1.54, 1.807) is 36.4 Å². The molecule has 2 rings (SSSR count). The minimum atomic E-state index is -0.660. The molecule has 2 aromatic carbocycles.